The zero-order valence-corrected chi connectivity index (χ0v) is 17.0. The van der Waals surface area contributed by atoms with Gasteiger partial charge in [0.2, 0.25) is 0 Å². The summed E-state index contributed by atoms with van der Waals surface area (Å²) in [6.45, 7) is 1.92. The topological polar surface area (TPSA) is 55.4 Å². The van der Waals surface area contributed by atoms with E-state index in [1.54, 1.807) is 30.5 Å². The molecule has 150 valence electrons. The Morgan fingerprint density at radius 2 is 1.73 bits per heavy atom. The van der Waals surface area contributed by atoms with Crippen LogP contribution in [0.3, 0.4) is 0 Å². The predicted molar refractivity (Wildman–Crippen MR) is 118 cm³/mol. The molecule has 4 nitrogen and oxygen atoms in total. The second-order valence-corrected chi connectivity index (χ2v) is 7.44. The minimum Gasteiger partial charge on any atom is -0.462 e. The monoisotopic (exact) mass is 419 g/mol. The first-order valence-corrected chi connectivity index (χ1v) is 10.3. The summed E-state index contributed by atoms with van der Waals surface area (Å²) in [6.07, 6.45) is 0. The van der Waals surface area contributed by atoms with Gasteiger partial charge in [-0.1, -0.05) is 48.5 Å². The Morgan fingerprint density at radius 3 is 2.50 bits per heavy atom. The molecule has 0 radical (unpaired) electrons. The maximum absolute atomic E-state index is 13.3. The normalized spacial score (nSPS) is 10.7. The lowest BCUT2D eigenvalue weighted by Gasteiger charge is -2.10. The first-order chi connectivity index (χ1) is 14.6. The van der Waals surface area contributed by atoms with Crippen LogP contribution >= 0.6 is 11.3 Å². The standard InChI is InChI=1S/C24H18FNO3S/c1-2-29-24(28)21-20(16-10-12-17(25)13-11-16)14-30-23(21)26-22(27)19-9-5-7-15-6-3-4-8-18(15)19/h3-14H,2H2,1H3,(H,26,27). The van der Waals surface area contributed by atoms with Crippen LogP contribution in [0, 0.1) is 5.82 Å². The van der Waals surface area contributed by atoms with Crippen molar-refractivity contribution < 1.29 is 18.7 Å². The number of carbonyl (C=O) groups is 2. The molecule has 0 aliphatic rings. The van der Waals surface area contributed by atoms with Crippen LogP contribution in [0.25, 0.3) is 21.9 Å². The number of benzene rings is 3. The van der Waals surface area contributed by atoms with Crippen LogP contribution < -0.4 is 5.32 Å². The predicted octanol–water partition coefficient (Wildman–Crippen LogP) is 6.14. The van der Waals surface area contributed by atoms with E-state index in [2.05, 4.69) is 5.32 Å². The van der Waals surface area contributed by atoms with E-state index in [0.29, 0.717) is 21.7 Å². The molecule has 0 fully saturated rings. The number of hydrogen-bond donors (Lipinski definition) is 1. The third kappa shape index (κ3) is 3.82. The second-order valence-electron chi connectivity index (χ2n) is 6.56. The maximum atomic E-state index is 13.3. The van der Waals surface area contributed by atoms with E-state index >= 15 is 0 Å². The highest BCUT2D eigenvalue weighted by Crippen LogP contribution is 2.37. The summed E-state index contributed by atoms with van der Waals surface area (Å²) in [4.78, 5) is 25.7. The Bertz CT molecular complexity index is 1230. The Hall–Kier alpha value is -3.51. The molecule has 1 heterocycles. The molecule has 1 aromatic heterocycles. The first kappa shape index (κ1) is 19.8. The molecule has 4 aromatic rings. The van der Waals surface area contributed by atoms with Gasteiger partial charge in [-0.15, -0.1) is 11.3 Å². The number of fused-ring (bicyclic) bond motifs is 1. The molecule has 6 heteroatoms. The van der Waals surface area contributed by atoms with Crippen molar-refractivity contribution in [1.82, 2.24) is 0 Å². The van der Waals surface area contributed by atoms with Crippen LogP contribution in [0.5, 0.6) is 0 Å². The minimum atomic E-state index is -0.536. The van der Waals surface area contributed by atoms with Crippen molar-refractivity contribution in [3.8, 4) is 11.1 Å². The molecule has 0 aliphatic heterocycles. The summed E-state index contributed by atoms with van der Waals surface area (Å²) in [6, 6.07) is 19.0. The van der Waals surface area contributed by atoms with E-state index in [0.717, 1.165) is 10.8 Å². The molecule has 0 spiro atoms. The molecule has 0 saturated carbocycles. The molecule has 30 heavy (non-hydrogen) atoms. The highest BCUT2D eigenvalue weighted by atomic mass is 32.1. The van der Waals surface area contributed by atoms with E-state index < -0.39 is 5.97 Å². The fourth-order valence-electron chi connectivity index (χ4n) is 3.29. The number of ether oxygens (including phenoxy) is 1. The van der Waals surface area contributed by atoms with Crippen LogP contribution in [0.15, 0.2) is 72.1 Å². The van der Waals surface area contributed by atoms with Gasteiger partial charge in [-0.2, -0.15) is 0 Å². The van der Waals surface area contributed by atoms with Gasteiger partial charge >= 0.3 is 5.97 Å². The number of thiophene rings is 1. The number of amides is 1. The molecule has 0 atom stereocenters. The van der Waals surface area contributed by atoms with Gasteiger partial charge in [-0.25, -0.2) is 9.18 Å². The van der Waals surface area contributed by atoms with Crippen molar-refractivity contribution in [3.63, 3.8) is 0 Å². The first-order valence-electron chi connectivity index (χ1n) is 9.42. The fourth-order valence-corrected chi connectivity index (χ4v) is 4.24. The third-order valence-corrected chi connectivity index (χ3v) is 5.58. The average Bonchev–Trinajstić information content (AvgIpc) is 3.17. The number of rotatable bonds is 5. The van der Waals surface area contributed by atoms with Gasteiger partial charge < -0.3 is 10.1 Å². The van der Waals surface area contributed by atoms with Crippen LogP contribution in [-0.4, -0.2) is 18.5 Å². The summed E-state index contributed by atoms with van der Waals surface area (Å²) < 4.78 is 18.5. The highest BCUT2D eigenvalue weighted by Gasteiger charge is 2.23. The van der Waals surface area contributed by atoms with E-state index in [9.17, 15) is 14.0 Å². The molecule has 3 aromatic carbocycles. The summed E-state index contributed by atoms with van der Waals surface area (Å²) in [5, 5.41) is 6.80. The summed E-state index contributed by atoms with van der Waals surface area (Å²) in [5.41, 5.74) is 2.04. The van der Waals surface area contributed by atoms with Crippen LogP contribution in [0.4, 0.5) is 9.39 Å². The van der Waals surface area contributed by atoms with Crippen LogP contribution in [-0.2, 0) is 4.74 Å². The van der Waals surface area contributed by atoms with Crippen LogP contribution in [0.1, 0.15) is 27.6 Å². The van der Waals surface area contributed by atoms with Gasteiger partial charge in [0.15, 0.2) is 0 Å². The smallest absolute Gasteiger partial charge is 0.341 e. The number of hydrogen-bond acceptors (Lipinski definition) is 4. The van der Waals surface area contributed by atoms with Crippen LogP contribution in [0.2, 0.25) is 0 Å². The highest BCUT2D eigenvalue weighted by molar-refractivity contribution is 7.15. The van der Waals surface area contributed by atoms with Gasteiger partial charge in [0.25, 0.3) is 5.91 Å². The van der Waals surface area contributed by atoms with Gasteiger partial charge in [-0.3, -0.25) is 4.79 Å². The molecule has 0 unspecified atom stereocenters. The van der Waals surface area contributed by atoms with Crippen molar-refractivity contribution in [2.24, 2.45) is 0 Å². The summed E-state index contributed by atoms with van der Waals surface area (Å²) in [7, 11) is 0. The molecular formula is C24H18FNO3S. The number of halogens is 1. The molecule has 1 amide bonds. The minimum absolute atomic E-state index is 0.203. The molecule has 0 aliphatic carbocycles. The van der Waals surface area contributed by atoms with Crippen molar-refractivity contribution in [2.75, 3.05) is 11.9 Å². The molecular weight excluding hydrogens is 401 g/mol. The van der Waals surface area contributed by atoms with E-state index in [4.69, 9.17) is 4.74 Å². The van der Waals surface area contributed by atoms with E-state index in [-0.39, 0.29) is 23.9 Å². The fraction of sp³-hybridized carbons (Fsp3) is 0.0833. The molecule has 4 rings (SSSR count). The van der Waals surface area contributed by atoms with Crippen molar-refractivity contribution >= 4 is 39.0 Å². The summed E-state index contributed by atoms with van der Waals surface area (Å²) >= 11 is 1.23. The lowest BCUT2D eigenvalue weighted by atomic mass is 10.0. The molecule has 1 N–H and O–H groups in total. The van der Waals surface area contributed by atoms with Gasteiger partial charge in [0, 0.05) is 16.5 Å². The lowest BCUT2D eigenvalue weighted by molar-refractivity contribution is 0.0529. The van der Waals surface area contributed by atoms with E-state index in [1.807, 2.05) is 36.4 Å². The zero-order chi connectivity index (χ0) is 21.1. The largest absolute Gasteiger partial charge is 0.462 e. The number of nitrogens with one attached hydrogen (secondary N) is 1. The lowest BCUT2D eigenvalue weighted by Crippen LogP contribution is -2.15. The van der Waals surface area contributed by atoms with Gasteiger partial charge in [0.05, 0.1) is 6.61 Å². The molecule has 0 bridgehead atoms. The number of carbonyl (C=O) groups excluding carboxylic acids is 2. The number of anilines is 1. The second kappa shape index (κ2) is 8.47. The Kier molecular flexibility index (Phi) is 5.59. The van der Waals surface area contributed by atoms with Crippen molar-refractivity contribution in [1.29, 1.82) is 0 Å². The zero-order valence-electron chi connectivity index (χ0n) is 16.1. The van der Waals surface area contributed by atoms with Crippen molar-refractivity contribution in [2.45, 2.75) is 6.92 Å². The SMILES string of the molecule is CCOC(=O)c1c(-c2ccc(F)cc2)csc1NC(=O)c1cccc2ccccc12. The Morgan fingerprint density at radius 1 is 1.00 bits per heavy atom. The number of esters is 1. The maximum Gasteiger partial charge on any atom is 0.341 e. The average molecular weight is 419 g/mol. The van der Waals surface area contributed by atoms with Gasteiger partial charge in [0.1, 0.15) is 16.4 Å². The third-order valence-electron chi connectivity index (χ3n) is 4.69. The quantitative estimate of drug-likeness (QED) is 0.396. The molecule has 0 saturated heterocycles. The Labute approximate surface area is 176 Å². The summed E-state index contributed by atoms with van der Waals surface area (Å²) in [5.74, 6) is -1.22. The Balaban J connectivity index is 1.74. The van der Waals surface area contributed by atoms with Crippen molar-refractivity contribution in [3.05, 3.63) is 89.1 Å². The van der Waals surface area contributed by atoms with Gasteiger partial charge in [-0.05, 0) is 41.5 Å². The van der Waals surface area contributed by atoms with E-state index in [1.165, 1.54) is 23.5 Å².